The molecule has 4 nitrogen and oxygen atoms in total. The molecule has 0 saturated carbocycles. The number of nitrogens with zero attached hydrogens (tertiary/aromatic N) is 4. The van der Waals surface area contributed by atoms with Gasteiger partial charge < -0.3 is 9.80 Å². The molecule has 0 amide bonds. The smallest absolute Gasteiger partial charge is 0.103 e. The van der Waals surface area contributed by atoms with E-state index < -0.39 is 0 Å². The van der Waals surface area contributed by atoms with Gasteiger partial charge in [0.2, 0.25) is 0 Å². The zero-order valence-corrected chi connectivity index (χ0v) is 10.6. The first-order valence-corrected chi connectivity index (χ1v) is 5.45. The van der Waals surface area contributed by atoms with Crippen LogP contribution < -0.4 is 0 Å². The first kappa shape index (κ1) is 11.4. The first-order valence-electron chi connectivity index (χ1n) is 4.49. The molecule has 0 atom stereocenters. The number of hydrogen-bond acceptors (Lipinski definition) is 3. The topological polar surface area (TPSA) is 24.3 Å². The van der Waals surface area contributed by atoms with Gasteiger partial charge >= 0.3 is 0 Å². The largest absolute Gasteiger partial charge is 0.362 e. The van der Waals surface area contributed by atoms with E-state index in [9.17, 15) is 0 Å². The summed E-state index contributed by atoms with van der Waals surface area (Å²) in [5, 5.41) is 0. The Bertz CT molecular complexity index is 270. The molecule has 2 heterocycles. The maximum atomic E-state index is 3.78. The summed E-state index contributed by atoms with van der Waals surface area (Å²) >= 11 is 2.13. The number of aromatic nitrogens is 2. The fraction of sp³-hybridized carbons (Fsp3) is 0.444. The molecular formula is C9H15IN4. The van der Waals surface area contributed by atoms with E-state index in [0.29, 0.717) is 0 Å². The lowest BCUT2D eigenvalue weighted by Gasteiger charge is -2.14. The zero-order valence-electron chi connectivity index (χ0n) is 8.47. The van der Waals surface area contributed by atoms with Crippen LogP contribution in [0.25, 0.3) is 0 Å². The van der Waals surface area contributed by atoms with Crippen molar-refractivity contribution in [2.24, 2.45) is 0 Å². The number of halogens is 1. The minimum absolute atomic E-state index is 1.05. The van der Waals surface area contributed by atoms with E-state index in [2.05, 4.69) is 64.0 Å². The van der Waals surface area contributed by atoms with Crippen molar-refractivity contribution in [2.75, 3.05) is 20.3 Å². The Hall–Kier alpha value is -0.720. The first-order chi connectivity index (χ1) is 6.72. The van der Waals surface area contributed by atoms with Crippen LogP contribution >= 0.6 is 22.9 Å². The van der Waals surface area contributed by atoms with Crippen LogP contribution in [0.1, 0.15) is 6.92 Å². The van der Waals surface area contributed by atoms with Crippen molar-refractivity contribution in [3.8, 4) is 0 Å². The molecule has 2 rings (SSSR count). The van der Waals surface area contributed by atoms with Gasteiger partial charge in [-0.25, -0.2) is 4.98 Å². The van der Waals surface area contributed by atoms with Crippen LogP contribution in [0, 0.1) is 0 Å². The van der Waals surface area contributed by atoms with Gasteiger partial charge in [-0.3, -0.25) is 2.78 Å². The Balaban J connectivity index is 0.000000146. The fourth-order valence-electron chi connectivity index (χ4n) is 1.04. The lowest BCUT2D eigenvalue weighted by Crippen LogP contribution is -2.21. The van der Waals surface area contributed by atoms with Crippen molar-refractivity contribution < 1.29 is 0 Å². The molecular weight excluding hydrogens is 291 g/mol. The third kappa shape index (κ3) is 3.99. The van der Waals surface area contributed by atoms with Crippen molar-refractivity contribution in [2.45, 2.75) is 6.92 Å². The second kappa shape index (κ2) is 5.90. The van der Waals surface area contributed by atoms with E-state index in [1.165, 1.54) is 0 Å². The van der Waals surface area contributed by atoms with Crippen LogP contribution in [0.3, 0.4) is 0 Å². The predicted molar refractivity (Wildman–Crippen MR) is 65.8 cm³/mol. The maximum Gasteiger partial charge on any atom is 0.103 e. The average Bonchev–Trinajstić information content (AvgIpc) is 2.77. The van der Waals surface area contributed by atoms with Gasteiger partial charge in [-0.1, -0.05) is 0 Å². The molecule has 1 aromatic heterocycles. The molecule has 0 saturated heterocycles. The summed E-state index contributed by atoms with van der Waals surface area (Å²) in [5.41, 5.74) is 0. The van der Waals surface area contributed by atoms with E-state index in [0.717, 1.165) is 13.2 Å². The van der Waals surface area contributed by atoms with Crippen LogP contribution in [-0.2, 0) is 0 Å². The average molecular weight is 306 g/mol. The molecule has 0 unspecified atom stereocenters. The van der Waals surface area contributed by atoms with E-state index in [4.69, 9.17) is 0 Å². The Kier molecular flexibility index (Phi) is 4.78. The predicted octanol–water partition coefficient (Wildman–Crippen LogP) is 1.76. The van der Waals surface area contributed by atoms with E-state index in [1.54, 1.807) is 12.5 Å². The third-order valence-electron chi connectivity index (χ3n) is 1.81. The van der Waals surface area contributed by atoms with Crippen LogP contribution in [0.5, 0.6) is 0 Å². The van der Waals surface area contributed by atoms with Crippen molar-refractivity contribution in [1.82, 2.24) is 17.6 Å². The second-order valence-electron chi connectivity index (χ2n) is 3.01. The highest BCUT2D eigenvalue weighted by atomic mass is 127. The third-order valence-corrected chi connectivity index (χ3v) is 2.39. The molecule has 1 aliphatic heterocycles. The number of imidazole rings is 1. The van der Waals surface area contributed by atoms with Crippen LogP contribution in [-0.4, -0.2) is 37.8 Å². The van der Waals surface area contributed by atoms with Gasteiger partial charge in [-0.05, 0) is 6.92 Å². The van der Waals surface area contributed by atoms with Gasteiger partial charge in [-0.2, -0.15) is 0 Å². The standard InChI is InChI=1S/C6H12N2.C3H3IN2/c1-3-8-5-4-7(2)6-8;4-6-2-1-5-3-6/h4-5H,3,6H2,1-2H3;1-3H. The molecule has 0 bridgehead atoms. The quantitative estimate of drug-likeness (QED) is 0.739. The Morgan fingerprint density at radius 3 is 2.43 bits per heavy atom. The summed E-state index contributed by atoms with van der Waals surface area (Å²) in [5.74, 6) is 0. The minimum atomic E-state index is 1.05. The number of hydrogen-bond donors (Lipinski definition) is 0. The summed E-state index contributed by atoms with van der Waals surface area (Å²) in [6.07, 6.45) is 9.55. The highest BCUT2D eigenvalue weighted by molar-refractivity contribution is 14.1. The van der Waals surface area contributed by atoms with Crippen molar-refractivity contribution in [3.05, 3.63) is 31.1 Å². The van der Waals surface area contributed by atoms with Crippen molar-refractivity contribution in [3.63, 3.8) is 0 Å². The highest BCUT2D eigenvalue weighted by Gasteiger charge is 2.03. The Labute approximate surface area is 98.7 Å². The molecule has 0 fully saturated rings. The Morgan fingerprint density at radius 2 is 2.21 bits per heavy atom. The zero-order chi connectivity index (χ0) is 10.4. The van der Waals surface area contributed by atoms with E-state index >= 15 is 0 Å². The molecule has 1 aromatic rings. The maximum absolute atomic E-state index is 3.78. The second-order valence-corrected chi connectivity index (χ2v) is 4.12. The summed E-state index contributed by atoms with van der Waals surface area (Å²) in [6.45, 7) is 4.32. The number of rotatable bonds is 1. The summed E-state index contributed by atoms with van der Waals surface area (Å²) in [4.78, 5) is 8.18. The molecule has 0 radical (unpaired) electrons. The summed E-state index contributed by atoms with van der Waals surface area (Å²) < 4.78 is 1.86. The summed E-state index contributed by atoms with van der Waals surface area (Å²) in [7, 11) is 2.08. The van der Waals surface area contributed by atoms with Crippen LogP contribution in [0.15, 0.2) is 31.1 Å². The van der Waals surface area contributed by atoms with Crippen molar-refractivity contribution >= 4 is 22.9 Å². The minimum Gasteiger partial charge on any atom is -0.362 e. The van der Waals surface area contributed by atoms with Gasteiger partial charge in [0.1, 0.15) is 6.33 Å². The Morgan fingerprint density at radius 1 is 1.43 bits per heavy atom. The lowest BCUT2D eigenvalue weighted by molar-refractivity contribution is 0.308. The molecule has 0 aromatic carbocycles. The van der Waals surface area contributed by atoms with Gasteiger partial charge in [0.05, 0.1) is 29.5 Å². The highest BCUT2D eigenvalue weighted by Crippen LogP contribution is 2.00. The van der Waals surface area contributed by atoms with Crippen molar-refractivity contribution in [1.29, 1.82) is 0 Å². The molecule has 78 valence electrons. The molecule has 0 aliphatic carbocycles. The molecule has 0 N–H and O–H groups in total. The fourth-order valence-corrected chi connectivity index (χ4v) is 1.32. The van der Waals surface area contributed by atoms with Gasteiger partial charge in [-0.15, -0.1) is 0 Å². The summed E-state index contributed by atoms with van der Waals surface area (Å²) in [6, 6.07) is 0. The monoisotopic (exact) mass is 306 g/mol. The molecule has 0 spiro atoms. The molecule has 5 heteroatoms. The van der Waals surface area contributed by atoms with E-state index in [1.807, 2.05) is 8.98 Å². The van der Waals surface area contributed by atoms with E-state index in [-0.39, 0.29) is 0 Å². The van der Waals surface area contributed by atoms with Crippen LogP contribution in [0.4, 0.5) is 0 Å². The molecule has 1 aliphatic rings. The van der Waals surface area contributed by atoms with Gasteiger partial charge in [0, 0.05) is 38.4 Å². The lowest BCUT2D eigenvalue weighted by atomic mass is 10.6. The SMILES string of the molecule is CCN1C=CN(C)C1.In1ccnc1. The molecule has 14 heavy (non-hydrogen) atoms. The van der Waals surface area contributed by atoms with Gasteiger partial charge in [0.25, 0.3) is 0 Å². The van der Waals surface area contributed by atoms with Gasteiger partial charge in [0.15, 0.2) is 0 Å². The normalized spacial score (nSPS) is 14.2. The van der Waals surface area contributed by atoms with Crippen LogP contribution in [0.2, 0.25) is 0 Å².